The summed E-state index contributed by atoms with van der Waals surface area (Å²) in [5.74, 6) is 2.66. The molecule has 2 heteroatoms. The van der Waals surface area contributed by atoms with Gasteiger partial charge in [0.05, 0.1) is 0 Å². The second-order valence-corrected chi connectivity index (χ2v) is 7.55. The summed E-state index contributed by atoms with van der Waals surface area (Å²) in [6, 6.07) is 1.58. The predicted octanol–water partition coefficient (Wildman–Crippen LogP) is 3.52. The zero-order valence-corrected chi connectivity index (χ0v) is 13.5. The van der Waals surface area contributed by atoms with E-state index < -0.39 is 0 Å². The molecule has 2 aliphatic rings. The van der Waals surface area contributed by atoms with Gasteiger partial charge in [-0.05, 0) is 62.9 Å². The molecule has 4 unspecified atom stereocenters. The van der Waals surface area contributed by atoms with Gasteiger partial charge in [-0.15, -0.1) is 0 Å². The van der Waals surface area contributed by atoms with Crippen LogP contribution in [0.4, 0.5) is 0 Å². The Morgan fingerprint density at radius 1 is 1.16 bits per heavy atom. The summed E-state index contributed by atoms with van der Waals surface area (Å²) in [5, 5.41) is 3.76. The fourth-order valence-electron chi connectivity index (χ4n) is 3.94. The van der Waals surface area contributed by atoms with Crippen LogP contribution in [0.25, 0.3) is 0 Å². The van der Waals surface area contributed by atoms with Crippen molar-refractivity contribution in [1.29, 1.82) is 0 Å². The van der Waals surface area contributed by atoms with Crippen molar-refractivity contribution >= 4 is 0 Å². The highest BCUT2D eigenvalue weighted by molar-refractivity contribution is 4.86. The minimum absolute atomic E-state index is 0.720. The standard InChI is InChI=1S/C17H34N2/c1-13(2)10-16-12-19(9-5-8-18-16)17-7-6-14(3)15(4)11-17/h13-18H,5-12H2,1-4H3. The van der Waals surface area contributed by atoms with E-state index in [1.54, 1.807) is 0 Å². The molecule has 2 rings (SSSR count). The monoisotopic (exact) mass is 266 g/mol. The summed E-state index contributed by atoms with van der Waals surface area (Å²) < 4.78 is 0. The molecular weight excluding hydrogens is 232 g/mol. The molecule has 1 saturated carbocycles. The largest absolute Gasteiger partial charge is 0.313 e. The van der Waals surface area contributed by atoms with E-state index in [0.717, 1.165) is 29.8 Å². The van der Waals surface area contributed by atoms with Crippen LogP contribution in [0, 0.1) is 17.8 Å². The summed E-state index contributed by atoms with van der Waals surface area (Å²) in [6.45, 7) is 13.4. The third kappa shape index (κ3) is 4.46. The Kier molecular flexibility index (Phi) is 5.70. The molecule has 0 spiro atoms. The lowest BCUT2D eigenvalue weighted by Crippen LogP contribution is -2.45. The third-order valence-corrected chi connectivity index (χ3v) is 5.35. The molecular formula is C17H34N2. The minimum Gasteiger partial charge on any atom is -0.313 e. The van der Waals surface area contributed by atoms with Gasteiger partial charge in [0.25, 0.3) is 0 Å². The van der Waals surface area contributed by atoms with Gasteiger partial charge in [0.2, 0.25) is 0 Å². The molecule has 4 atom stereocenters. The highest BCUT2D eigenvalue weighted by Crippen LogP contribution is 2.32. The molecule has 112 valence electrons. The molecule has 19 heavy (non-hydrogen) atoms. The molecule has 1 heterocycles. The number of hydrogen-bond donors (Lipinski definition) is 1. The smallest absolute Gasteiger partial charge is 0.0197 e. The second-order valence-electron chi connectivity index (χ2n) is 7.55. The van der Waals surface area contributed by atoms with E-state index in [4.69, 9.17) is 0 Å². The average molecular weight is 266 g/mol. The predicted molar refractivity (Wildman–Crippen MR) is 83.4 cm³/mol. The molecule has 0 aromatic rings. The van der Waals surface area contributed by atoms with Crippen molar-refractivity contribution in [3.05, 3.63) is 0 Å². The molecule has 1 aliphatic heterocycles. The Balaban J connectivity index is 1.90. The van der Waals surface area contributed by atoms with E-state index in [2.05, 4.69) is 37.9 Å². The van der Waals surface area contributed by atoms with Gasteiger partial charge >= 0.3 is 0 Å². The number of nitrogens with zero attached hydrogens (tertiary/aromatic N) is 1. The van der Waals surface area contributed by atoms with Crippen molar-refractivity contribution in [2.45, 2.75) is 71.9 Å². The maximum absolute atomic E-state index is 3.76. The second kappa shape index (κ2) is 7.08. The van der Waals surface area contributed by atoms with Gasteiger partial charge in [0, 0.05) is 18.6 Å². The Morgan fingerprint density at radius 2 is 1.95 bits per heavy atom. The number of hydrogen-bond acceptors (Lipinski definition) is 2. The first-order chi connectivity index (χ1) is 9.06. The average Bonchev–Trinajstić information content (AvgIpc) is 2.57. The fourth-order valence-corrected chi connectivity index (χ4v) is 3.94. The van der Waals surface area contributed by atoms with Crippen LogP contribution in [0.2, 0.25) is 0 Å². The van der Waals surface area contributed by atoms with Crippen LogP contribution < -0.4 is 5.32 Å². The molecule has 1 saturated heterocycles. The molecule has 0 aromatic heterocycles. The van der Waals surface area contributed by atoms with Crippen LogP contribution in [-0.2, 0) is 0 Å². The van der Waals surface area contributed by atoms with Crippen LogP contribution in [-0.4, -0.2) is 36.6 Å². The summed E-state index contributed by atoms with van der Waals surface area (Å²) in [4.78, 5) is 2.81. The van der Waals surface area contributed by atoms with Gasteiger partial charge < -0.3 is 5.32 Å². The first-order valence-corrected chi connectivity index (χ1v) is 8.53. The Bertz CT molecular complexity index is 264. The molecule has 0 aromatic carbocycles. The number of nitrogens with one attached hydrogen (secondary N) is 1. The quantitative estimate of drug-likeness (QED) is 0.841. The molecule has 2 nitrogen and oxygen atoms in total. The topological polar surface area (TPSA) is 15.3 Å². The van der Waals surface area contributed by atoms with Crippen molar-refractivity contribution in [3.8, 4) is 0 Å². The number of rotatable bonds is 3. The Morgan fingerprint density at radius 3 is 2.63 bits per heavy atom. The van der Waals surface area contributed by atoms with Gasteiger partial charge in [-0.3, -0.25) is 4.90 Å². The molecule has 1 aliphatic carbocycles. The lowest BCUT2D eigenvalue weighted by molar-refractivity contribution is 0.105. The molecule has 0 amide bonds. The molecule has 1 N–H and O–H groups in total. The maximum atomic E-state index is 3.76. The zero-order valence-electron chi connectivity index (χ0n) is 13.5. The van der Waals surface area contributed by atoms with Gasteiger partial charge in [0.1, 0.15) is 0 Å². The van der Waals surface area contributed by atoms with Crippen LogP contribution in [0.15, 0.2) is 0 Å². The first kappa shape index (κ1) is 15.3. The van der Waals surface area contributed by atoms with Crippen LogP contribution in [0.5, 0.6) is 0 Å². The van der Waals surface area contributed by atoms with Crippen molar-refractivity contribution in [2.75, 3.05) is 19.6 Å². The Labute approximate surface area is 120 Å². The van der Waals surface area contributed by atoms with E-state index in [0.29, 0.717) is 0 Å². The normalized spacial score (nSPS) is 38.4. The van der Waals surface area contributed by atoms with Gasteiger partial charge in [0.15, 0.2) is 0 Å². The van der Waals surface area contributed by atoms with E-state index in [9.17, 15) is 0 Å². The highest BCUT2D eigenvalue weighted by atomic mass is 15.2. The maximum Gasteiger partial charge on any atom is 0.0197 e. The molecule has 2 fully saturated rings. The molecule has 0 bridgehead atoms. The van der Waals surface area contributed by atoms with Crippen molar-refractivity contribution in [2.24, 2.45) is 17.8 Å². The van der Waals surface area contributed by atoms with E-state index in [-0.39, 0.29) is 0 Å². The summed E-state index contributed by atoms with van der Waals surface area (Å²) in [6.07, 6.45) is 6.95. The summed E-state index contributed by atoms with van der Waals surface area (Å²) in [7, 11) is 0. The SMILES string of the molecule is CC(C)CC1CN(C2CCC(C)C(C)C2)CCCN1. The van der Waals surface area contributed by atoms with E-state index in [1.807, 2.05) is 0 Å². The van der Waals surface area contributed by atoms with Crippen molar-refractivity contribution in [1.82, 2.24) is 10.2 Å². The van der Waals surface area contributed by atoms with Crippen LogP contribution in [0.3, 0.4) is 0 Å². The van der Waals surface area contributed by atoms with Crippen molar-refractivity contribution < 1.29 is 0 Å². The summed E-state index contributed by atoms with van der Waals surface area (Å²) in [5.41, 5.74) is 0. The van der Waals surface area contributed by atoms with Crippen molar-refractivity contribution in [3.63, 3.8) is 0 Å². The third-order valence-electron chi connectivity index (χ3n) is 5.35. The lowest BCUT2D eigenvalue weighted by Gasteiger charge is -2.40. The van der Waals surface area contributed by atoms with Crippen LogP contribution in [0.1, 0.15) is 59.8 Å². The summed E-state index contributed by atoms with van der Waals surface area (Å²) >= 11 is 0. The van der Waals surface area contributed by atoms with Gasteiger partial charge in [-0.1, -0.05) is 27.7 Å². The van der Waals surface area contributed by atoms with Gasteiger partial charge in [-0.25, -0.2) is 0 Å². The highest BCUT2D eigenvalue weighted by Gasteiger charge is 2.30. The van der Waals surface area contributed by atoms with Gasteiger partial charge in [-0.2, -0.15) is 0 Å². The van der Waals surface area contributed by atoms with E-state index >= 15 is 0 Å². The fraction of sp³-hybridized carbons (Fsp3) is 1.00. The Hall–Kier alpha value is -0.0800. The minimum atomic E-state index is 0.720. The lowest BCUT2D eigenvalue weighted by atomic mass is 9.78. The van der Waals surface area contributed by atoms with E-state index in [1.165, 1.54) is 51.7 Å². The molecule has 0 radical (unpaired) electrons. The zero-order chi connectivity index (χ0) is 13.8. The van der Waals surface area contributed by atoms with Crippen LogP contribution >= 0.6 is 0 Å². The first-order valence-electron chi connectivity index (χ1n) is 8.53.